The molecule has 1 amide bonds. The van der Waals surface area contributed by atoms with Crippen molar-refractivity contribution >= 4 is 23.3 Å². The normalized spacial score (nSPS) is 15.8. The van der Waals surface area contributed by atoms with Crippen LogP contribution in [-0.2, 0) is 0 Å². The van der Waals surface area contributed by atoms with Gasteiger partial charge in [0.25, 0.3) is 5.91 Å². The van der Waals surface area contributed by atoms with Crippen LogP contribution in [0.2, 0.25) is 5.15 Å². The van der Waals surface area contributed by atoms with E-state index in [1.165, 1.54) is 0 Å². The molecule has 1 aromatic heterocycles. The number of carbonyl (C=O) groups is 1. The molecule has 2 rings (SSSR count). The van der Waals surface area contributed by atoms with Crippen molar-refractivity contribution in [1.29, 1.82) is 0 Å². The van der Waals surface area contributed by atoms with Crippen molar-refractivity contribution in [3.63, 3.8) is 0 Å². The van der Waals surface area contributed by atoms with E-state index in [0.29, 0.717) is 23.1 Å². The van der Waals surface area contributed by atoms with Crippen LogP contribution in [0.4, 0.5) is 5.82 Å². The Balaban J connectivity index is 1.87. The fraction of sp³-hybridized carbons (Fsp3) is 0.571. The van der Waals surface area contributed by atoms with Crippen LogP contribution in [0.5, 0.6) is 0 Å². The predicted octanol–water partition coefficient (Wildman–Crippen LogP) is 0.436. The minimum atomic E-state index is -0.113. The van der Waals surface area contributed by atoms with Gasteiger partial charge in [-0.05, 0) is 12.1 Å². The molecule has 21 heavy (non-hydrogen) atoms. The number of nitrogens with zero attached hydrogens (tertiary/aromatic N) is 3. The lowest BCUT2D eigenvalue weighted by Crippen LogP contribution is -2.46. The standard InChI is InChI=1S/C14H22ClN5O/c1-19(2)13-10-11(9-12(15)18-13)14(21)17-5-8-20-6-3-16-4-7-20/h9-10,16H,3-8H2,1-2H3,(H,17,21). The van der Waals surface area contributed by atoms with Crippen LogP contribution < -0.4 is 15.5 Å². The molecule has 0 unspecified atom stereocenters. The summed E-state index contributed by atoms with van der Waals surface area (Å²) in [6, 6.07) is 3.33. The number of carbonyl (C=O) groups excluding carboxylic acids is 1. The molecule has 0 aromatic carbocycles. The number of anilines is 1. The maximum absolute atomic E-state index is 12.2. The molecule has 6 nitrogen and oxygen atoms in total. The number of halogens is 1. The van der Waals surface area contributed by atoms with Gasteiger partial charge >= 0.3 is 0 Å². The number of hydrogen-bond acceptors (Lipinski definition) is 5. The van der Waals surface area contributed by atoms with E-state index in [1.807, 2.05) is 19.0 Å². The third kappa shape index (κ3) is 4.84. The maximum atomic E-state index is 12.2. The summed E-state index contributed by atoms with van der Waals surface area (Å²) < 4.78 is 0. The SMILES string of the molecule is CN(C)c1cc(C(=O)NCCN2CCNCC2)cc(Cl)n1. The summed E-state index contributed by atoms with van der Waals surface area (Å²) in [7, 11) is 3.73. The second-order valence-corrected chi connectivity index (χ2v) is 5.67. The summed E-state index contributed by atoms with van der Waals surface area (Å²) in [5.74, 6) is 0.562. The van der Waals surface area contributed by atoms with Gasteiger partial charge < -0.3 is 15.5 Å². The monoisotopic (exact) mass is 311 g/mol. The Morgan fingerprint density at radius 3 is 2.81 bits per heavy atom. The molecule has 1 fully saturated rings. The fourth-order valence-corrected chi connectivity index (χ4v) is 2.41. The maximum Gasteiger partial charge on any atom is 0.251 e. The Kier molecular flexibility index (Phi) is 5.78. The van der Waals surface area contributed by atoms with E-state index in [9.17, 15) is 4.79 Å². The first-order valence-corrected chi connectivity index (χ1v) is 7.50. The summed E-state index contributed by atoms with van der Waals surface area (Å²) in [6.45, 7) is 5.59. The molecule has 116 valence electrons. The Hall–Kier alpha value is -1.37. The first kappa shape index (κ1) is 16.0. The molecule has 0 atom stereocenters. The van der Waals surface area contributed by atoms with E-state index in [2.05, 4.69) is 20.5 Å². The highest BCUT2D eigenvalue weighted by molar-refractivity contribution is 6.29. The fourth-order valence-electron chi connectivity index (χ4n) is 2.21. The molecule has 1 aromatic rings. The zero-order valence-electron chi connectivity index (χ0n) is 12.5. The van der Waals surface area contributed by atoms with Gasteiger partial charge in [0.2, 0.25) is 0 Å². The van der Waals surface area contributed by atoms with Crippen LogP contribution >= 0.6 is 11.6 Å². The lowest BCUT2D eigenvalue weighted by atomic mass is 10.2. The molecule has 0 radical (unpaired) electrons. The zero-order chi connectivity index (χ0) is 15.2. The summed E-state index contributed by atoms with van der Waals surface area (Å²) in [5.41, 5.74) is 0.541. The van der Waals surface area contributed by atoms with E-state index in [-0.39, 0.29) is 5.91 Å². The van der Waals surface area contributed by atoms with Gasteiger partial charge in [-0.15, -0.1) is 0 Å². The zero-order valence-corrected chi connectivity index (χ0v) is 13.3. The predicted molar refractivity (Wildman–Crippen MR) is 85.2 cm³/mol. The van der Waals surface area contributed by atoms with Gasteiger partial charge in [0.05, 0.1) is 0 Å². The summed E-state index contributed by atoms with van der Waals surface area (Å²) in [4.78, 5) is 20.5. The smallest absolute Gasteiger partial charge is 0.251 e. The average molecular weight is 312 g/mol. The minimum Gasteiger partial charge on any atom is -0.363 e. The van der Waals surface area contributed by atoms with Gasteiger partial charge in [0, 0.05) is 58.9 Å². The van der Waals surface area contributed by atoms with Crippen molar-refractivity contribution in [3.05, 3.63) is 22.8 Å². The molecule has 0 saturated carbocycles. The van der Waals surface area contributed by atoms with Gasteiger partial charge in [0.1, 0.15) is 11.0 Å². The van der Waals surface area contributed by atoms with Gasteiger partial charge in [-0.25, -0.2) is 4.98 Å². The van der Waals surface area contributed by atoms with Crippen LogP contribution in [-0.4, -0.2) is 69.2 Å². The molecule has 2 heterocycles. The van der Waals surface area contributed by atoms with Crippen LogP contribution in [0.1, 0.15) is 10.4 Å². The van der Waals surface area contributed by atoms with Gasteiger partial charge in [-0.1, -0.05) is 11.6 Å². The lowest BCUT2D eigenvalue weighted by Gasteiger charge is -2.27. The molecule has 0 bridgehead atoms. The Bertz CT molecular complexity index is 488. The molecule has 1 saturated heterocycles. The average Bonchev–Trinajstić information content (AvgIpc) is 2.47. The van der Waals surface area contributed by atoms with Crippen molar-refractivity contribution in [2.24, 2.45) is 0 Å². The number of hydrogen-bond donors (Lipinski definition) is 2. The van der Waals surface area contributed by atoms with Crippen LogP contribution in [0, 0.1) is 0 Å². The number of amides is 1. The Labute approximate surface area is 130 Å². The van der Waals surface area contributed by atoms with Crippen molar-refractivity contribution in [1.82, 2.24) is 20.5 Å². The Morgan fingerprint density at radius 2 is 2.14 bits per heavy atom. The van der Waals surface area contributed by atoms with Crippen molar-refractivity contribution in [3.8, 4) is 0 Å². The molecule has 7 heteroatoms. The number of pyridine rings is 1. The number of aromatic nitrogens is 1. The molecular weight excluding hydrogens is 290 g/mol. The molecule has 0 spiro atoms. The van der Waals surface area contributed by atoms with Gasteiger partial charge in [0.15, 0.2) is 0 Å². The van der Waals surface area contributed by atoms with E-state index in [1.54, 1.807) is 12.1 Å². The summed E-state index contributed by atoms with van der Waals surface area (Å²) >= 11 is 5.96. The third-order valence-corrected chi connectivity index (χ3v) is 3.62. The molecule has 1 aliphatic heterocycles. The van der Waals surface area contributed by atoms with Crippen LogP contribution in [0.25, 0.3) is 0 Å². The second kappa shape index (κ2) is 7.59. The van der Waals surface area contributed by atoms with Crippen molar-refractivity contribution in [2.45, 2.75) is 0 Å². The highest BCUT2D eigenvalue weighted by Gasteiger charge is 2.12. The van der Waals surface area contributed by atoms with E-state index < -0.39 is 0 Å². The largest absolute Gasteiger partial charge is 0.363 e. The Morgan fingerprint density at radius 1 is 1.43 bits per heavy atom. The second-order valence-electron chi connectivity index (χ2n) is 5.28. The molecular formula is C14H22ClN5O. The number of rotatable bonds is 5. The molecule has 2 N–H and O–H groups in total. The quantitative estimate of drug-likeness (QED) is 0.773. The van der Waals surface area contributed by atoms with Crippen molar-refractivity contribution < 1.29 is 4.79 Å². The van der Waals surface area contributed by atoms with E-state index in [4.69, 9.17) is 11.6 Å². The third-order valence-electron chi connectivity index (χ3n) is 3.42. The first-order valence-electron chi connectivity index (χ1n) is 7.12. The van der Waals surface area contributed by atoms with E-state index in [0.717, 1.165) is 32.7 Å². The van der Waals surface area contributed by atoms with Gasteiger partial charge in [-0.3, -0.25) is 9.69 Å². The van der Waals surface area contributed by atoms with Crippen LogP contribution in [0.3, 0.4) is 0 Å². The van der Waals surface area contributed by atoms with Crippen molar-refractivity contribution in [2.75, 3.05) is 58.3 Å². The number of nitrogens with one attached hydrogen (secondary N) is 2. The number of piperazine rings is 1. The highest BCUT2D eigenvalue weighted by atomic mass is 35.5. The van der Waals surface area contributed by atoms with Crippen LogP contribution in [0.15, 0.2) is 12.1 Å². The summed E-state index contributed by atoms with van der Waals surface area (Å²) in [6.07, 6.45) is 0. The lowest BCUT2D eigenvalue weighted by molar-refractivity contribution is 0.0947. The topological polar surface area (TPSA) is 60.5 Å². The minimum absolute atomic E-state index is 0.113. The molecule has 0 aliphatic carbocycles. The summed E-state index contributed by atoms with van der Waals surface area (Å²) in [5, 5.41) is 6.57. The highest BCUT2D eigenvalue weighted by Crippen LogP contribution is 2.16. The first-order chi connectivity index (χ1) is 10.1. The van der Waals surface area contributed by atoms with E-state index >= 15 is 0 Å². The van der Waals surface area contributed by atoms with Gasteiger partial charge in [-0.2, -0.15) is 0 Å². The molecule has 1 aliphatic rings.